The van der Waals surface area contributed by atoms with E-state index in [0.717, 1.165) is 22.7 Å². The lowest BCUT2D eigenvalue weighted by Gasteiger charge is -2.33. The van der Waals surface area contributed by atoms with Crippen molar-refractivity contribution >= 4 is 39.1 Å². The second-order valence-electron chi connectivity index (χ2n) is 8.26. The molecule has 0 fully saturated rings. The minimum absolute atomic E-state index is 0.00564. The van der Waals surface area contributed by atoms with E-state index in [4.69, 9.17) is 11.6 Å². The Balaban J connectivity index is 2.45. The fourth-order valence-electron chi connectivity index (χ4n) is 3.40. The van der Waals surface area contributed by atoms with Gasteiger partial charge in [-0.1, -0.05) is 37.6 Å². The number of sulfonamides is 1. The molecular formula is C24H30ClF2N3O4S. The number of carbonyl (C=O) groups is 2. The predicted molar refractivity (Wildman–Crippen MR) is 133 cm³/mol. The first kappa shape index (κ1) is 28.5. The molecule has 0 aliphatic heterocycles. The zero-order chi connectivity index (χ0) is 26.3. The average molecular weight is 530 g/mol. The minimum Gasteiger partial charge on any atom is -0.352 e. The first-order chi connectivity index (χ1) is 16.4. The fourth-order valence-corrected chi connectivity index (χ4v) is 4.42. The summed E-state index contributed by atoms with van der Waals surface area (Å²) in [6.45, 7) is 4.79. The van der Waals surface area contributed by atoms with Gasteiger partial charge in [0.2, 0.25) is 21.8 Å². The van der Waals surface area contributed by atoms with Crippen LogP contribution in [0, 0.1) is 11.6 Å². The molecule has 0 saturated carbocycles. The van der Waals surface area contributed by atoms with Gasteiger partial charge in [0.05, 0.1) is 17.0 Å². The van der Waals surface area contributed by atoms with Crippen LogP contribution in [0.5, 0.6) is 0 Å². The van der Waals surface area contributed by atoms with Crippen LogP contribution >= 0.6 is 11.6 Å². The molecule has 0 radical (unpaired) electrons. The normalized spacial score (nSPS) is 13.1. The van der Waals surface area contributed by atoms with E-state index < -0.39 is 40.2 Å². The van der Waals surface area contributed by atoms with E-state index in [1.807, 2.05) is 13.8 Å². The van der Waals surface area contributed by atoms with Crippen LogP contribution in [0.15, 0.2) is 42.5 Å². The van der Waals surface area contributed by atoms with Crippen molar-refractivity contribution in [2.45, 2.75) is 52.2 Å². The maximum Gasteiger partial charge on any atom is 0.244 e. The molecule has 2 amide bonds. The quantitative estimate of drug-likeness (QED) is 0.474. The summed E-state index contributed by atoms with van der Waals surface area (Å²) < 4.78 is 52.9. The number of hydrogen-bond donors (Lipinski definition) is 1. The minimum atomic E-state index is -3.98. The van der Waals surface area contributed by atoms with Crippen LogP contribution in [0.2, 0.25) is 5.02 Å². The van der Waals surface area contributed by atoms with Gasteiger partial charge in [-0.3, -0.25) is 13.9 Å². The number of rotatable bonds is 11. The summed E-state index contributed by atoms with van der Waals surface area (Å²) in [5.41, 5.74) is 0.566. The molecule has 1 N–H and O–H groups in total. The molecule has 2 rings (SSSR count). The topological polar surface area (TPSA) is 86.8 Å². The van der Waals surface area contributed by atoms with Crippen LogP contribution in [-0.4, -0.2) is 50.0 Å². The highest BCUT2D eigenvalue weighted by Gasteiger charge is 2.32. The first-order valence-electron chi connectivity index (χ1n) is 11.1. The molecule has 0 spiro atoms. The molecule has 2 atom stereocenters. The van der Waals surface area contributed by atoms with E-state index >= 15 is 0 Å². The van der Waals surface area contributed by atoms with E-state index in [0.29, 0.717) is 12.0 Å². The Morgan fingerprint density at radius 1 is 1.06 bits per heavy atom. The molecule has 35 heavy (non-hydrogen) atoms. The zero-order valence-electron chi connectivity index (χ0n) is 20.1. The first-order valence-corrected chi connectivity index (χ1v) is 13.4. The molecule has 0 aromatic heterocycles. The average Bonchev–Trinajstić information content (AvgIpc) is 2.79. The fraction of sp³-hybridized carbons (Fsp3) is 0.417. The summed E-state index contributed by atoms with van der Waals surface area (Å²) in [7, 11) is -3.98. The number of amides is 2. The lowest BCUT2D eigenvalue weighted by molar-refractivity contribution is -0.140. The molecular weight excluding hydrogens is 500 g/mol. The van der Waals surface area contributed by atoms with E-state index in [2.05, 4.69) is 5.32 Å². The summed E-state index contributed by atoms with van der Waals surface area (Å²) in [6.07, 6.45) is 1.85. The smallest absolute Gasteiger partial charge is 0.244 e. The highest BCUT2D eigenvalue weighted by Crippen LogP contribution is 2.25. The largest absolute Gasteiger partial charge is 0.352 e. The van der Waals surface area contributed by atoms with Gasteiger partial charge < -0.3 is 10.2 Å². The maximum atomic E-state index is 13.6. The molecule has 11 heteroatoms. The highest BCUT2D eigenvalue weighted by molar-refractivity contribution is 7.92. The van der Waals surface area contributed by atoms with Crippen LogP contribution in [0.1, 0.15) is 39.2 Å². The molecule has 7 nitrogen and oxygen atoms in total. The van der Waals surface area contributed by atoms with Crippen molar-refractivity contribution in [2.24, 2.45) is 0 Å². The summed E-state index contributed by atoms with van der Waals surface area (Å²) in [5, 5.41) is 2.56. The van der Waals surface area contributed by atoms with Crippen molar-refractivity contribution in [3.8, 4) is 0 Å². The van der Waals surface area contributed by atoms with Crippen molar-refractivity contribution in [3.63, 3.8) is 0 Å². The van der Waals surface area contributed by atoms with Gasteiger partial charge in [0.15, 0.2) is 0 Å². The summed E-state index contributed by atoms with van der Waals surface area (Å²) in [4.78, 5) is 27.8. The van der Waals surface area contributed by atoms with Crippen LogP contribution in [0.4, 0.5) is 14.5 Å². The van der Waals surface area contributed by atoms with Crippen molar-refractivity contribution in [1.29, 1.82) is 0 Å². The van der Waals surface area contributed by atoms with E-state index in [1.165, 1.54) is 35.2 Å². The Labute approximate surface area is 210 Å². The second kappa shape index (κ2) is 12.3. The SMILES string of the molecule is CC[C@H](C)NC(=O)[C@H](CC)N(Cc1ccc(F)cc1)C(=O)CN(c1ccc(F)c(Cl)c1)S(C)(=O)=O. The van der Waals surface area contributed by atoms with Gasteiger partial charge in [-0.2, -0.15) is 0 Å². The number of nitrogens with zero attached hydrogens (tertiary/aromatic N) is 2. The number of nitrogens with one attached hydrogen (secondary N) is 1. The molecule has 2 aromatic rings. The van der Waals surface area contributed by atoms with Gasteiger partial charge in [-0.15, -0.1) is 0 Å². The van der Waals surface area contributed by atoms with Gasteiger partial charge in [-0.05, 0) is 55.7 Å². The van der Waals surface area contributed by atoms with Gasteiger partial charge in [0.1, 0.15) is 24.2 Å². The Morgan fingerprint density at radius 2 is 1.69 bits per heavy atom. The van der Waals surface area contributed by atoms with Crippen molar-refractivity contribution < 1.29 is 26.8 Å². The number of halogens is 3. The van der Waals surface area contributed by atoms with Gasteiger partial charge in [-0.25, -0.2) is 17.2 Å². The zero-order valence-corrected chi connectivity index (χ0v) is 21.7. The van der Waals surface area contributed by atoms with Gasteiger partial charge >= 0.3 is 0 Å². The third-order valence-electron chi connectivity index (χ3n) is 5.52. The second-order valence-corrected chi connectivity index (χ2v) is 10.6. The molecule has 0 heterocycles. The monoisotopic (exact) mass is 529 g/mol. The van der Waals surface area contributed by atoms with Crippen LogP contribution in [0.25, 0.3) is 0 Å². The van der Waals surface area contributed by atoms with Gasteiger partial charge in [0, 0.05) is 12.6 Å². The number of hydrogen-bond acceptors (Lipinski definition) is 4. The molecule has 0 aliphatic rings. The molecule has 0 aliphatic carbocycles. The Hall–Kier alpha value is -2.72. The van der Waals surface area contributed by atoms with Crippen LogP contribution in [-0.2, 0) is 26.2 Å². The van der Waals surface area contributed by atoms with Crippen molar-refractivity contribution in [1.82, 2.24) is 10.2 Å². The van der Waals surface area contributed by atoms with E-state index in [1.54, 1.807) is 6.92 Å². The molecule has 192 valence electrons. The maximum absolute atomic E-state index is 13.6. The third-order valence-corrected chi connectivity index (χ3v) is 6.95. The van der Waals surface area contributed by atoms with Crippen LogP contribution < -0.4 is 9.62 Å². The number of carbonyl (C=O) groups excluding carboxylic acids is 2. The lowest BCUT2D eigenvalue weighted by atomic mass is 10.1. The Bertz CT molecular complexity index is 1150. The summed E-state index contributed by atoms with van der Waals surface area (Å²) >= 11 is 5.83. The van der Waals surface area contributed by atoms with Crippen molar-refractivity contribution in [3.05, 3.63) is 64.7 Å². The third kappa shape index (κ3) is 7.90. The molecule has 0 saturated heterocycles. The van der Waals surface area contributed by atoms with E-state index in [-0.39, 0.29) is 35.6 Å². The lowest BCUT2D eigenvalue weighted by Crippen LogP contribution is -2.53. The van der Waals surface area contributed by atoms with Crippen LogP contribution in [0.3, 0.4) is 0 Å². The predicted octanol–water partition coefficient (Wildman–Crippen LogP) is 4.11. The Morgan fingerprint density at radius 3 is 2.20 bits per heavy atom. The van der Waals surface area contributed by atoms with Gasteiger partial charge in [0.25, 0.3) is 0 Å². The number of benzene rings is 2. The van der Waals surface area contributed by atoms with Crippen molar-refractivity contribution in [2.75, 3.05) is 17.1 Å². The molecule has 2 aromatic carbocycles. The molecule has 0 bridgehead atoms. The Kier molecular flexibility index (Phi) is 10.0. The molecule has 0 unspecified atom stereocenters. The highest BCUT2D eigenvalue weighted by atomic mass is 35.5. The standard InChI is InChI=1S/C24H30ClF2N3O4S/c1-5-16(3)28-24(32)22(6-2)29(14-17-7-9-18(26)10-8-17)23(31)15-30(35(4,33)34)19-11-12-21(27)20(25)13-19/h7-13,16,22H,5-6,14-15H2,1-4H3,(H,28,32)/t16-,22-/m0/s1. The number of anilines is 1. The summed E-state index contributed by atoms with van der Waals surface area (Å²) in [5.74, 6) is -2.23. The summed E-state index contributed by atoms with van der Waals surface area (Å²) in [6, 6.07) is 7.74. The van der Waals surface area contributed by atoms with E-state index in [9.17, 15) is 26.8 Å².